The van der Waals surface area contributed by atoms with Gasteiger partial charge in [-0.25, -0.2) is 4.98 Å². The Balaban J connectivity index is 1.84. The second kappa shape index (κ2) is 8.89. The summed E-state index contributed by atoms with van der Waals surface area (Å²) in [5, 5.41) is 15.4. The number of methoxy groups -OCH3 is 3. The van der Waals surface area contributed by atoms with Crippen LogP contribution in [0, 0.1) is 6.92 Å². The highest BCUT2D eigenvalue weighted by atomic mass is 32.1. The summed E-state index contributed by atoms with van der Waals surface area (Å²) in [6.07, 6.45) is 0. The number of hydrogen-bond donors (Lipinski definition) is 1. The van der Waals surface area contributed by atoms with Gasteiger partial charge in [0.1, 0.15) is 5.82 Å². The van der Waals surface area contributed by atoms with E-state index in [4.69, 9.17) is 14.2 Å². The van der Waals surface area contributed by atoms with Crippen LogP contribution in [0.3, 0.4) is 0 Å². The number of ether oxygens (including phenoxy) is 3. The lowest BCUT2D eigenvalue weighted by molar-refractivity contribution is 0.113. The van der Waals surface area contributed by atoms with E-state index in [1.165, 1.54) is 15.9 Å². The zero-order valence-corrected chi connectivity index (χ0v) is 19.4. The SMILES string of the molecule is CCN1CCN([C@@H](c2cc(OC)c(OC)c(OC)c2)c2sc3nc(C)nn3c2O)CC1. The average molecular weight is 448 g/mol. The van der Waals surface area contributed by atoms with Gasteiger partial charge in [-0.1, -0.05) is 18.3 Å². The van der Waals surface area contributed by atoms with Crippen LogP contribution in [0.15, 0.2) is 12.1 Å². The monoisotopic (exact) mass is 447 g/mol. The maximum atomic E-state index is 11.1. The van der Waals surface area contributed by atoms with E-state index in [-0.39, 0.29) is 11.9 Å². The Morgan fingerprint density at radius 1 is 1.06 bits per heavy atom. The Bertz CT molecular complexity index is 1030. The fourth-order valence-corrected chi connectivity index (χ4v) is 5.31. The number of benzene rings is 1. The molecule has 0 radical (unpaired) electrons. The van der Waals surface area contributed by atoms with E-state index < -0.39 is 0 Å². The first-order valence-corrected chi connectivity index (χ1v) is 11.1. The van der Waals surface area contributed by atoms with Crippen LogP contribution in [0.4, 0.5) is 0 Å². The van der Waals surface area contributed by atoms with Crippen LogP contribution in [0.25, 0.3) is 4.96 Å². The van der Waals surface area contributed by atoms with Gasteiger partial charge in [0.25, 0.3) is 0 Å². The van der Waals surface area contributed by atoms with Crippen LogP contribution >= 0.6 is 11.3 Å². The summed E-state index contributed by atoms with van der Waals surface area (Å²) < 4.78 is 18.2. The molecule has 4 rings (SSSR count). The lowest BCUT2D eigenvalue weighted by Crippen LogP contribution is -2.47. The van der Waals surface area contributed by atoms with Crippen molar-refractivity contribution >= 4 is 16.3 Å². The molecule has 1 N–H and O–H groups in total. The number of aromatic nitrogens is 3. The van der Waals surface area contributed by atoms with E-state index in [0.717, 1.165) is 43.2 Å². The van der Waals surface area contributed by atoms with Crippen LogP contribution in [-0.4, -0.2) is 83.6 Å². The molecule has 1 fully saturated rings. The maximum Gasteiger partial charge on any atom is 0.230 e. The standard InChI is InChI=1S/C21H29N5O4S/c1-6-24-7-9-25(10-8-24)17(19-20(27)26-21(31-19)22-13(2)23-26)14-11-15(28-3)18(30-5)16(12-14)29-4/h11-12,17,27H,6-10H2,1-5H3/t17-/m0/s1. The average Bonchev–Trinajstić information content (AvgIpc) is 3.30. The molecule has 0 saturated carbocycles. The molecule has 0 aliphatic carbocycles. The Labute approximate surface area is 185 Å². The van der Waals surface area contributed by atoms with Crippen molar-refractivity contribution in [2.45, 2.75) is 19.9 Å². The van der Waals surface area contributed by atoms with E-state index in [1.54, 1.807) is 21.3 Å². The quantitative estimate of drug-likeness (QED) is 0.592. The van der Waals surface area contributed by atoms with Gasteiger partial charge in [-0.2, -0.15) is 4.52 Å². The number of rotatable bonds is 7. The summed E-state index contributed by atoms with van der Waals surface area (Å²) in [4.78, 5) is 10.7. The van der Waals surface area contributed by atoms with Crippen LogP contribution < -0.4 is 14.2 Å². The van der Waals surface area contributed by atoms with E-state index in [2.05, 4.69) is 26.8 Å². The number of thiazole rings is 1. The molecule has 1 aliphatic heterocycles. The predicted octanol–water partition coefficient (Wildman–Crippen LogP) is 2.56. The van der Waals surface area contributed by atoms with Crippen molar-refractivity contribution in [2.24, 2.45) is 0 Å². The summed E-state index contributed by atoms with van der Waals surface area (Å²) in [6, 6.07) is 3.72. The fourth-order valence-electron chi connectivity index (χ4n) is 4.15. The summed E-state index contributed by atoms with van der Waals surface area (Å²) >= 11 is 1.46. The van der Waals surface area contributed by atoms with Crippen molar-refractivity contribution in [2.75, 3.05) is 54.1 Å². The highest BCUT2D eigenvalue weighted by Crippen LogP contribution is 2.45. The number of piperazine rings is 1. The van der Waals surface area contributed by atoms with E-state index >= 15 is 0 Å². The molecule has 1 aromatic carbocycles. The first-order chi connectivity index (χ1) is 15.0. The molecule has 0 amide bonds. The molecular formula is C21H29N5O4S. The lowest BCUT2D eigenvalue weighted by atomic mass is 10.0. The normalized spacial score (nSPS) is 16.5. The van der Waals surface area contributed by atoms with E-state index in [1.807, 2.05) is 19.1 Å². The first-order valence-electron chi connectivity index (χ1n) is 10.3. The summed E-state index contributed by atoms with van der Waals surface area (Å²) in [7, 11) is 4.81. The number of fused-ring (bicyclic) bond motifs is 1. The predicted molar refractivity (Wildman–Crippen MR) is 119 cm³/mol. The second-order valence-electron chi connectivity index (χ2n) is 7.47. The Hall–Kier alpha value is -2.56. The minimum Gasteiger partial charge on any atom is -0.493 e. The van der Waals surface area contributed by atoms with Gasteiger partial charge >= 0.3 is 0 Å². The number of aromatic hydroxyl groups is 1. The van der Waals surface area contributed by atoms with Gasteiger partial charge in [-0.15, -0.1) is 5.10 Å². The molecule has 0 spiro atoms. The van der Waals surface area contributed by atoms with Crippen LogP contribution in [-0.2, 0) is 0 Å². The second-order valence-corrected chi connectivity index (χ2v) is 8.48. The molecule has 10 heteroatoms. The fraction of sp³-hybridized carbons (Fsp3) is 0.524. The zero-order chi connectivity index (χ0) is 22.1. The van der Waals surface area contributed by atoms with Gasteiger partial charge in [0.2, 0.25) is 16.6 Å². The van der Waals surface area contributed by atoms with Crippen LogP contribution in [0.1, 0.15) is 29.2 Å². The van der Waals surface area contributed by atoms with Crippen molar-refractivity contribution in [1.29, 1.82) is 0 Å². The molecule has 3 aromatic rings. The van der Waals surface area contributed by atoms with Crippen LogP contribution in [0.5, 0.6) is 23.1 Å². The van der Waals surface area contributed by atoms with Gasteiger partial charge in [-0.3, -0.25) is 4.90 Å². The molecule has 1 saturated heterocycles. The van der Waals surface area contributed by atoms with Crippen molar-refractivity contribution in [1.82, 2.24) is 24.4 Å². The largest absolute Gasteiger partial charge is 0.493 e. The first kappa shape index (κ1) is 21.7. The molecule has 9 nitrogen and oxygen atoms in total. The molecular weight excluding hydrogens is 418 g/mol. The molecule has 1 aliphatic rings. The van der Waals surface area contributed by atoms with E-state index in [0.29, 0.717) is 28.0 Å². The molecule has 0 unspecified atom stereocenters. The molecule has 3 heterocycles. The zero-order valence-electron chi connectivity index (χ0n) is 18.6. The number of aryl methyl sites for hydroxylation is 1. The molecule has 0 bridgehead atoms. The summed E-state index contributed by atoms with van der Waals surface area (Å²) in [5.74, 6) is 2.48. The Morgan fingerprint density at radius 2 is 1.71 bits per heavy atom. The number of nitrogens with zero attached hydrogens (tertiary/aromatic N) is 5. The smallest absolute Gasteiger partial charge is 0.230 e. The minimum absolute atomic E-state index is 0.122. The Kier molecular flexibility index (Phi) is 6.22. The van der Waals surface area contributed by atoms with E-state index in [9.17, 15) is 5.11 Å². The Morgan fingerprint density at radius 3 is 2.23 bits per heavy atom. The van der Waals surface area contributed by atoms with Crippen molar-refractivity contribution in [3.63, 3.8) is 0 Å². The van der Waals surface area contributed by atoms with Crippen molar-refractivity contribution < 1.29 is 19.3 Å². The number of likely N-dealkylation sites (N-methyl/N-ethyl adjacent to an activating group) is 1. The number of hydrogen-bond acceptors (Lipinski definition) is 9. The third kappa shape index (κ3) is 3.90. The molecule has 168 valence electrons. The summed E-state index contributed by atoms with van der Waals surface area (Å²) in [5.41, 5.74) is 0.955. The van der Waals surface area contributed by atoms with Gasteiger partial charge in [0.15, 0.2) is 11.5 Å². The van der Waals surface area contributed by atoms with Crippen molar-refractivity contribution in [3.05, 3.63) is 28.4 Å². The minimum atomic E-state index is -0.193. The van der Waals surface area contributed by atoms with Gasteiger partial charge < -0.3 is 24.2 Å². The van der Waals surface area contributed by atoms with Crippen LogP contribution in [0.2, 0.25) is 0 Å². The highest BCUT2D eigenvalue weighted by Gasteiger charge is 2.33. The third-order valence-electron chi connectivity index (χ3n) is 5.78. The summed E-state index contributed by atoms with van der Waals surface area (Å²) in [6.45, 7) is 8.72. The van der Waals surface area contributed by atoms with Gasteiger partial charge in [0, 0.05) is 26.2 Å². The van der Waals surface area contributed by atoms with Gasteiger partial charge in [-0.05, 0) is 31.2 Å². The molecule has 31 heavy (non-hydrogen) atoms. The van der Waals surface area contributed by atoms with Crippen molar-refractivity contribution in [3.8, 4) is 23.1 Å². The topological polar surface area (TPSA) is 84.6 Å². The highest BCUT2D eigenvalue weighted by molar-refractivity contribution is 7.17. The lowest BCUT2D eigenvalue weighted by Gasteiger charge is -2.39. The molecule has 1 atom stereocenters. The van der Waals surface area contributed by atoms with Gasteiger partial charge in [0.05, 0.1) is 32.2 Å². The third-order valence-corrected chi connectivity index (χ3v) is 6.85. The molecule has 2 aromatic heterocycles. The maximum absolute atomic E-state index is 11.1.